The van der Waals surface area contributed by atoms with Gasteiger partial charge in [0.15, 0.2) is 0 Å². The van der Waals surface area contributed by atoms with Crippen molar-refractivity contribution in [2.75, 3.05) is 17.7 Å². The molecule has 1 aromatic carbocycles. The monoisotopic (exact) mass is 335 g/mol. The molecule has 6 heteroatoms. The van der Waals surface area contributed by atoms with Crippen molar-refractivity contribution >= 4 is 17.3 Å². The Morgan fingerprint density at radius 3 is 2.60 bits per heavy atom. The highest BCUT2D eigenvalue weighted by atomic mass is 16.5. The molecule has 3 aromatic rings. The van der Waals surface area contributed by atoms with E-state index >= 15 is 0 Å². The molecular formula is C19H21N5O. The minimum absolute atomic E-state index is 0.602. The molecule has 0 aliphatic heterocycles. The van der Waals surface area contributed by atoms with Crippen LogP contribution in [0.2, 0.25) is 0 Å². The van der Waals surface area contributed by atoms with Gasteiger partial charge in [-0.2, -0.15) is 0 Å². The van der Waals surface area contributed by atoms with Crippen LogP contribution in [-0.2, 0) is 6.54 Å². The molecule has 128 valence electrons. The third-order valence-corrected chi connectivity index (χ3v) is 3.63. The average Bonchev–Trinajstić information content (AvgIpc) is 2.61. The zero-order chi connectivity index (χ0) is 17.6. The lowest BCUT2D eigenvalue weighted by Gasteiger charge is -2.13. The van der Waals surface area contributed by atoms with Gasteiger partial charge in [0, 0.05) is 12.3 Å². The normalized spacial score (nSPS) is 10.4. The van der Waals surface area contributed by atoms with Gasteiger partial charge < -0.3 is 15.4 Å². The van der Waals surface area contributed by atoms with Crippen molar-refractivity contribution in [2.24, 2.45) is 0 Å². The maximum atomic E-state index is 5.41. The Balaban J connectivity index is 1.79. The van der Waals surface area contributed by atoms with E-state index in [4.69, 9.17) is 4.74 Å². The smallest absolute Gasteiger partial charge is 0.142 e. The molecule has 0 bridgehead atoms. The Morgan fingerprint density at radius 1 is 1.00 bits per heavy atom. The van der Waals surface area contributed by atoms with E-state index in [0.29, 0.717) is 18.2 Å². The highest BCUT2D eigenvalue weighted by Crippen LogP contribution is 2.28. The summed E-state index contributed by atoms with van der Waals surface area (Å²) in [6.07, 6.45) is 1.78. The van der Waals surface area contributed by atoms with Crippen LogP contribution in [0.3, 0.4) is 0 Å². The molecule has 2 heterocycles. The first kappa shape index (κ1) is 16.7. The van der Waals surface area contributed by atoms with Gasteiger partial charge in [-0.15, -0.1) is 0 Å². The molecule has 2 N–H and O–H groups in total. The van der Waals surface area contributed by atoms with Gasteiger partial charge in [0.25, 0.3) is 0 Å². The van der Waals surface area contributed by atoms with Gasteiger partial charge in [0.1, 0.15) is 23.2 Å². The Hall–Kier alpha value is -3.15. The summed E-state index contributed by atoms with van der Waals surface area (Å²) < 4.78 is 5.41. The molecule has 0 aliphatic rings. The van der Waals surface area contributed by atoms with E-state index in [0.717, 1.165) is 28.5 Å². The second-order valence-corrected chi connectivity index (χ2v) is 5.69. The van der Waals surface area contributed by atoms with Crippen molar-refractivity contribution in [3.05, 3.63) is 65.7 Å². The molecular weight excluding hydrogens is 314 g/mol. The van der Waals surface area contributed by atoms with E-state index in [9.17, 15) is 0 Å². The van der Waals surface area contributed by atoms with Gasteiger partial charge in [0.2, 0.25) is 0 Å². The molecule has 0 unspecified atom stereocenters. The van der Waals surface area contributed by atoms with Crippen LogP contribution in [0.15, 0.2) is 48.7 Å². The molecule has 25 heavy (non-hydrogen) atoms. The van der Waals surface area contributed by atoms with E-state index in [-0.39, 0.29) is 0 Å². The number of nitrogens with one attached hydrogen (secondary N) is 2. The second kappa shape index (κ2) is 7.61. The van der Waals surface area contributed by atoms with Crippen LogP contribution in [-0.4, -0.2) is 22.1 Å². The van der Waals surface area contributed by atoms with Gasteiger partial charge in [-0.05, 0) is 43.7 Å². The summed E-state index contributed by atoms with van der Waals surface area (Å²) in [4.78, 5) is 13.2. The Labute approximate surface area is 147 Å². The summed E-state index contributed by atoms with van der Waals surface area (Å²) in [7, 11) is 1.65. The van der Waals surface area contributed by atoms with Gasteiger partial charge in [-0.3, -0.25) is 4.98 Å². The highest BCUT2D eigenvalue weighted by Gasteiger charge is 2.07. The van der Waals surface area contributed by atoms with Crippen LogP contribution in [0.4, 0.5) is 17.3 Å². The fourth-order valence-corrected chi connectivity index (χ4v) is 2.46. The third-order valence-electron chi connectivity index (χ3n) is 3.63. The molecule has 0 fully saturated rings. The molecule has 0 spiro atoms. The number of rotatable bonds is 6. The maximum Gasteiger partial charge on any atom is 0.142 e. The summed E-state index contributed by atoms with van der Waals surface area (Å²) in [5, 5.41) is 6.60. The number of hydrogen-bond donors (Lipinski definition) is 2. The fraction of sp³-hybridized carbons (Fsp3) is 0.211. The van der Waals surface area contributed by atoms with Gasteiger partial charge >= 0.3 is 0 Å². The van der Waals surface area contributed by atoms with Crippen LogP contribution in [0.1, 0.15) is 17.1 Å². The lowest BCUT2D eigenvalue weighted by Crippen LogP contribution is -2.06. The predicted molar refractivity (Wildman–Crippen MR) is 99.3 cm³/mol. The standard InChI is InChI=1S/C19H21N5O/c1-13-7-8-17(25-3)16(10-13)24-19-11-18(22-14(2)23-19)21-12-15-6-4-5-9-20-15/h4-11H,12H2,1-3H3,(H2,21,22,23,24). The van der Waals surface area contributed by atoms with Gasteiger partial charge in [-0.25, -0.2) is 9.97 Å². The van der Waals surface area contributed by atoms with Crippen LogP contribution >= 0.6 is 0 Å². The molecule has 6 nitrogen and oxygen atoms in total. The maximum absolute atomic E-state index is 5.41. The van der Waals surface area contributed by atoms with Crippen LogP contribution in [0, 0.1) is 13.8 Å². The number of aromatic nitrogens is 3. The highest BCUT2D eigenvalue weighted by molar-refractivity contribution is 5.66. The summed E-state index contributed by atoms with van der Waals surface area (Å²) >= 11 is 0. The summed E-state index contributed by atoms with van der Waals surface area (Å²) in [5.74, 6) is 2.90. The third kappa shape index (κ3) is 4.44. The number of methoxy groups -OCH3 is 1. The zero-order valence-electron chi connectivity index (χ0n) is 14.6. The van der Waals surface area contributed by atoms with E-state index in [1.165, 1.54) is 0 Å². The number of anilines is 3. The van der Waals surface area contributed by atoms with Crippen LogP contribution in [0.5, 0.6) is 5.75 Å². The van der Waals surface area contributed by atoms with Crippen LogP contribution < -0.4 is 15.4 Å². The van der Waals surface area contributed by atoms with E-state index in [1.54, 1.807) is 13.3 Å². The molecule has 0 atom stereocenters. The molecule has 0 saturated carbocycles. The van der Waals surface area contributed by atoms with Crippen molar-refractivity contribution in [1.82, 2.24) is 15.0 Å². The molecule has 0 amide bonds. The number of aryl methyl sites for hydroxylation is 2. The van der Waals surface area contributed by atoms with Crippen molar-refractivity contribution in [1.29, 1.82) is 0 Å². The largest absolute Gasteiger partial charge is 0.495 e. The van der Waals surface area contributed by atoms with Crippen molar-refractivity contribution in [3.8, 4) is 5.75 Å². The fourth-order valence-electron chi connectivity index (χ4n) is 2.46. The first-order valence-corrected chi connectivity index (χ1v) is 8.05. The minimum Gasteiger partial charge on any atom is -0.495 e. The Morgan fingerprint density at radius 2 is 1.84 bits per heavy atom. The predicted octanol–water partition coefficient (Wildman–Crippen LogP) is 3.85. The SMILES string of the molecule is COc1ccc(C)cc1Nc1cc(NCc2ccccn2)nc(C)n1. The number of nitrogens with zero attached hydrogens (tertiary/aromatic N) is 3. The number of hydrogen-bond acceptors (Lipinski definition) is 6. The molecule has 0 saturated heterocycles. The van der Waals surface area contributed by atoms with Crippen molar-refractivity contribution in [2.45, 2.75) is 20.4 Å². The van der Waals surface area contributed by atoms with E-state index in [2.05, 4.69) is 25.6 Å². The van der Waals surface area contributed by atoms with E-state index in [1.807, 2.05) is 56.3 Å². The first-order valence-electron chi connectivity index (χ1n) is 8.05. The Kier molecular flexibility index (Phi) is 5.09. The number of benzene rings is 1. The summed E-state index contributed by atoms with van der Waals surface area (Å²) in [6.45, 7) is 4.50. The summed E-state index contributed by atoms with van der Waals surface area (Å²) in [5.41, 5.74) is 2.97. The van der Waals surface area contributed by atoms with E-state index < -0.39 is 0 Å². The number of pyridine rings is 1. The Bertz CT molecular complexity index is 852. The second-order valence-electron chi connectivity index (χ2n) is 5.69. The summed E-state index contributed by atoms with van der Waals surface area (Å²) in [6, 6.07) is 13.7. The lowest BCUT2D eigenvalue weighted by molar-refractivity contribution is 0.416. The first-order chi connectivity index (χ1) is 12.1. The average molecular weight is 335 g/mol. The number of ether oxygens (including phenoxy) is 1. The molecule has 0 radical (unpaired) electrons. The quantitative estimate of drug-likeness (QED) is 0.713. The van der Waals surface area contributed by atoms with Crippen molar-refractivity contribution in [3.63, 3.8) is 0 Å². The van der Waals surface area contributed by atoms with Crippen LogP contribution in [0.25, 0.3) is 0 Å². The van der Waals surface area contributed by atoms with Crippen molar-refractivity contribution < 1.29 is 4.74 Å². The minimum atomic E-state index is 0.602. The lowest BCUT2D eigenvalue weighted by atomic mass is 10.2. The van der Waals surface area contributed by atoms with Gasteiger partial charge in [0.05, 0.1) is 25.0 Å². The van der Waals surface area contributed by atoms with Gasteiger partial charge in [-0.1, -0.05) is 12.1 Å². The molecule has 3 rings (SSSR count). The molecule has 2 aromatic heterocycles. The molecule has 0 aliphatic carbocycles. The topological polar surface area (TPSA) is 72.0 Å². The zero-order valence-corrected chi connectivity index (χ0v) is 14.6.